The van der Waals surface area contributed by atoms with Crippen LogP contribution in [0.5, 0.6) is 0 Å². The molecule has 1 aliphatic carbocycles. The molecule has 2 rings (SSSR count). The molecule has 0 amide bonds. The first-order chi connectivity index (χ1) is 5.86. The molecule has 1 aromatic rings. The monoisotopic (exact) mass is 167 g/mol. The lowest BCUT2D eigenvalue weighted by atomic mass is 9.94. The summed E-state index contributed by atoms with van der Waals surface area (Å²) in [6, 6.07) is 0.406. The van der Waals surface area contributed by atoms with Crippen molar-refractivity contribution in [2.24, 2.45) is 0 Å². The lowest BCUT2D eigenvalue weighted by Gasteiger charge is -2.24. The summed E-state index contributed by atoms with van der Waals surface area (Å²) in [6.45, 7) is 0. The molecule has 0 saturated heterocycles. The third kappa shape index (κ3) is 1.48. The zero-order valence-corrected chi connectivity index (χ0v) is 6.93. The van der Waals surface area contributed by atoms with Gasteiger partial charge in [-0.2, -0.15) is 15.0 Å². The smallest absolute Gasteiger partial charge is 0.0718 e. The summed E-state index contributed by atoms with van der Waals surface area (Å²) in [5.41, 5.74) is 0. The Morgan fingerprint density at radius 1 is 1.08 bits per heavy atom. The highest BCUT2D eigenvalue weighted by Gasteiger charge is 2.21. The molecule has 1 N–H and O–H groups in total. The second kappa shape index (κ2) is 3.23. The molecule has 4 nitrogen and oxygen atoms in total. The van der Waals surface area contributed by atoms with Crippen molar-refractivity contribution in [2.45, 2.75) is 37.8 Å². The molecule has 66 valence electrons. The average molecular weight is 167 g/mol. The summed E-state index contributed by atoms with van der Waals surface area (Å²) >= 11 is 0. The Morgan fingerprint density at radius 2 is 1.67 bits per heavy atom. The lowest BCUT2D eigenvalue weighted by molar-refractivity contribution is 0.104. The number of aliphatic hydroxyl groups excluding tert-OH is 1. The number of rotatable bonds is 1. The van der Waals surface area contributed by atoms with E-state index in [1.54, 1.807) is 17.2 Å². The Bertz CT molecular complexity index is 226. The van der Waals surface area contributed by atoms with Crippen molar-refractivity contribution in [1.82, 2.24) is 15.0 Å². The first-order valence-corrected chi connectivity index (χ1v) is 4.40. The van der Waals surface area contributed by atoms with E-state index in [-0.39, 0.29) is 6.10 Å². The zero-order valence-electron chi connectivity index (χ0n) is 6.93. The summed E-state index contributed by atoms with van der Waals surface area (Å²) in [4.78, 5) is 1.76. The maximum atomic E-state index is 9.27. The maximum absolute atomic E-state index is 9.27. The standard InChI is InChI=1S/C8H13N3O/c12-8-3-1-7(2-4-8)11-9-5-6-10-11/h5-8,12H,1-4H2. The van der Waals surface area contributed by atoms with Gasteiger partial charge in [0.2, 0.25) is 0 Å². The van der Waals surface area contributed by atoms with Gasteiger partial charge in [0.15, 0.2) is 0 Å². The SMILES string of the molecule is OC1CCC(n2nccn2)CC1. The maximum Gasteiger partial charge on any atom is 0.0718 e. The van der Waals surface area contributed by atoms with Crippen LogP contribution in [0.15, 0.2) is 12.4 Å². The number of hydrogen-bond donors (Lipinski definition) is 1. The number of aliphatic hydroxyl groups is 1. The van der Waals surface area contributed by atoms with E-state index in [2.05, 4.69) is 10.2 Å². The highest BCUT2D eigenvalue weighted by molar-refractivity contribution is 4.75. The molecule has 1 heterocycles. The van der Waals surface area contributed by atoms with Gasteiger partial charge >= 0.3 is 0 Å². The van der Waals surface area contributed by atoms with Gasteiger partial charge in [0, 0.05) is 0 Å². The molecule has 1 aliphatic rings. The summed E-state index contributed by atoms with van der Waals surface area (Å²) in [5, 5.41) is 17.5. The number of hydrogen-bond acceptors (Lipinski definition) is 3. The first-order valence-electron chi connectivity index (χ1n) is 4.40. The van der Waals surface area contributed by atoms with Gasteiger partial charge < -0.3 is 5.11 Å². The van der Waals surface area contributed by atoms with Crippen molar-refractivity contribution >= 4 is 0 Å². The van der Waals surface area contributed by atoms with Crippen molar-refractivity contribution in [3.8, 4) is 0 Å². The van der Waals surface area contributed by atoms with Crippen LogP contribution in [-0.2, 0) is 0 Å². The van der Waals surface area contributed by atoms with Crippen LogP contribution in [0, 0.1) is 0 Å². The van der Waals surface area contributed by atoms with E-state index >= 15 is 0 Å². The number of aromatic nitrogens is 3. The minimum atomic E-state index is -0.100. The summed E-state index contributed by atoms with van der Waals surface area (Å²) in [5.74, 6) is 0. The first kappa shape index (κ1) is 7.73. The Hall–Kier alpha value is -0.900. The topological polar surface area (TPSA) is 50.9 Å². The Morgan fingerprint density at radius 3 is 2.25 bits per heavy atom. The Labute approximate surface area is 71.2 Å². The Kier molecular flexibility index (Phi) is 2.08. The van der Waals surface area contributed by atoms with E-state index in [9.17, 15) is 5.11 Å². The highest BCUT2D eigenvalue weighted by Crippen LogP contribution is 2.26. The predicted octanol–water partition coefficient (Wildman–Crippen LogP) is 0.754. The molecular weight excluding hydrogens is 154 g/mol. The molecule has 1 aromatic heterocycles. The van der Waals surface area contributed by atoms with Crippen molar-refractivity contribution in [1.29, 1.82) is 0 Å². The zero-order chi connectivity index (χ0) is 8.39. The van der Waals surface area contributed by atoms with E-state index < -0.39 is 0 Å². The molecule has 1 fully saturated rings. The van der Waals surface area contributed by atoms with Crippen LogP contribution in [0.1, 0.15) is 31.7 Å². The molecule has 0 atom stereocenters. The Balaban J connectivity index is 1.99. The largest absolute Gasteiger partial charge is 0.393 e. The van der Waals surface area contributed by atoms with Crippen molar-refractivity contribution in [3.05, 3.63) is 12.4 Å². The van der Waals surface area contributed by atoms with Gasteiger partial charge in [-0.25, -0.2) is 0 Å². The quantitative estimate of drug-likeness (QED) is 0.671. The fraction of sp³-hybridized carbons (Fsp3) is 0.750. The second-order valence-electron chi connectivity index (χ2n) is 3.31. The minimum absolute atomic E-state index is 0.100. The molecule has 0 spiro atoms. The molecule has 0 aliphatic heterocycles. The molecular formula is C8H13N3O. The van der Waals surface area contributed by atoms with Crippen LogP contribution in [0.2, 0.25) is 0 Å². The summed E-state index contributed by atoms with van der Waals surface area (Å²) in [7, 11) is 0. The fourth-order valence-electron chi connectivity index (χ4n) is 1.70. The minimum Gasteiger partial charge on any atom is -0.393 e. The van der Waals surface area contributed by atoms with Crippen LogP contribution in [0.25, 0.3) is 0 Å². The van der Waals surface area contributed by atoms with Gasteiger partial charge in [0.25, 0.3) is 0 Å². The average Bonchev–Trinajstić information content (AvgIpc) is 2.58. The molecule has 1 saturated carbocycles. The van der Waals surface area contributed by atoms with Crippen LogP contribution in [-0.4, -0.2) is 26.2 Å². The molecule has 0 unspecified atom stereocenters. The lowest BCUT2D eigenvalue weighted by Crippen LogP contribution is -2.22. The van der Waals surface area contributed by atoms with Crippen LogP contribution < -0.4 is 0 Å². The van der Waals surface area contributed by atoms with E-state index in [1.165, 1.54) is 0 Å². The van der Waals surface area contributed by atoms with Crippen LogP contribution >= 0.6 is 0 Å². The predicted molar refractivity (Wildman–Crippen MR) is 43.5 cm³/mol. The van der Waals surface area contributed by atoms with Crippen molar-refractivity contribution in [3.63, 3.8) is 0 Å². The van der Waals surface area contributed by atoms with Crippen LogP contribution in [0.4, 0.5) is 0 Å². The normalized spacial score (nSPS) is 30.4. The van der Waals surface area contributed by atoms with E-state index in [0.29, 0.717) is 6.04 Å². The van der Waals surface area contributed by atoms with E-state index in [4.69, 9.17) is 0 Å². The van der Waals surface area contributed by atoms with Gasteiger partial charge in [-0.15, -0.1) is 0 Å². The van der Waals surface area contributed by atoms with Gasteiger partial charge in [0.05, 0.1) is 24.5 Å². The highest BCUT2D eigenvalue weighted by atomic mass is 16.3. The molecule has 0 aromatic carbocycles. The van der Waals surface area contributed by atoms with Crippen molar-refractivity contribution in [2.75, 3.05) is 0 Å². The fourth-order valence-corrected chi connectivity index (χ4v) is 1.70. The summed E-state index contributed by atoms with van der Waals surface area (Å²) in [6.07, 6.45) is 7.05. The summed E-state index contributed by atoms with van der Waals surface area (Å²) < 4.78 is 0. The van der Waals surface area contributed by atoms with Gasteiger partial charge in [0.1, 0.15) is 0 Å². The van der Waals surface area contributed by atoms with E-state index in [0.717, 1.165) is 25.7 Å². The third-order valence-electron chi connectivity index (χ3n) is 2.43. The number of nitrogens with zero attached hydrogens (tertiary/aromatic N) is 3. The van der Waals surface area contributed by atoms with Gasteiger partial charge in [-0.05, 0) is 25.7 Å². The molecule has 0 radical (unpaired) electrons. The third-order valence-corrected chi connectivity index (χ3v) is 2.43. The molecule has 0 bridgehead atoms. The van der Waals surface area contributed by atoms with Crippen LogP contribution in [0.3, 0.4) is 0 Å². The van der Waals surface area contributed by atoms with Crippen molar-refractivity contribution < 1.29 is 5.11 Å². The van der Waals surface area contributed by atoms with E-state index in [1.807, 2.05) is 0 Å². The second-order valence-corrected chi connectivity index (χ2v) is 3.31. The van der Waals surface area contributed by atoms with Gasteiger partial charge in [-0.3, -0.25) is 0 Å². The van der Waals surface area contributed by atoms with Gasteiger partial charge in [-0.1, -0.05) is 0 Å². The molecule has 12 heavy (non-hydrogen) atoms. The molecule has 4 heteroatoms.